The van der Waals surface area contributed by atoms with Crippen LogP contribution in [0.3, 0.4) is 0 Å². The van der Waals surface area contributed by atoms with Gasteiger partial charge in [-0.05, 0) is 141 Å². The van der Waals surface area contributed by atoms with Gasteiger partial charge >= 0.3 is 6.09 Å². The Kier molecular flexibility index (Phi) is 7.88. The molecule has 4 N–H and O–H groups in total. The second-order valence-corrected chi connectivity index (χ2v) is 16.8. The number of aryl methyl sites for hydroxylation is 2. The monoisotopic (exact) mass is 627 g/mol. The van der Waals surface area contributed by atoms with Crippen molar-refractivity contribution in [3.8, 4) is 0 Å². The first-order chi connectivity index (χ1) is 21.5. The number of carbonyl (C=O) groups excluding carboxylic acids is 3. The van der Waals surface area contributed by atoms with E-state index in [1.54, 1.807) is 0 Å². The third kappa shape index (κ3) is 5.32. The maximum Gasteiger partial charge on any atom is 0.412 e. The lowest BCUT2D eigenvalue weighted by Crippen LogP contribution is -2.60. The van der Waals surface area contributed by atoms with Crippen molar-refractivity contribution >= 4 is 29.3 Å². The lowest BCUT2D eigenvalue weighted by molar-refractivity contribution is -0.150. The average molecular weight is 628 g/mol. The summed E-state index contributed by atoms with van der Waals surface area (Å²) in [6, 6.07) is 12.4. The summed E-state index contributed by atoms with van der Waals surface area (Å²) in [5.74, 6) is -0.0410. The van der Waals surface area contributed by atoms with E-state index in [1.165, 1.54) is 22.3 Å². The third-order valence-electron chi connectivity index (χ3n) is 12.6. The molecular formula is C39H53N3O4. The molecule has 0 bridgehead atoms. The van der Waals surface area contributed by atoms with E-state index in [2.05, 4.69) is 62.6 Å². The number of nitrogens with two attached hydrogens (primary N) is 1. The lowest BCUT2D eigenvalue weighted by atomic mass is 9.49. The lowest BCUT2D eigenvalue weighted by Gasteiger charge is -2.56. The van der Waals surface area contributed by atoms with Gasteiger partial charge in [-0.25, -0.2) is 4.79 Å². The number of rotatable bonds is 3. The number of ether oxygens (including phenoxy) is 1. The zero-order chi connectivity index (χ0) is 33.3. The third-order valence-corrected chi connectivity index (χ3v) is 12.6. The molecule has 0 unspecified atom stereocenters. The molecule has 7 heteroatoms. The molecule has 2 fully saturated rings. The molecule has 0 radical (unpaired) electrons. The van der Waals surface area contributed by atoms with Crippen LogP contribution < -0.4 is 16.4 Å². The predicted octanol–water partition coefficient (Wildman–Crippen LogP) is 7.98. The van der Waals surface area contributed by atoms with E-state index < -0.39 is 22.5 Å². The number of carbonyl (C=O) groups is 3. The summed E-state index contributed by atoms with van der Waals surface area (Å²) in [4.78, 5) is 41.4. The van der Waals surface area contributed by atoms with Gasteiger partial charge in [0.1, 0.15) is 5.60 Å². The summed E-state index contributed by atoms with van der Waals surface area (Å²) < 4.78 is 5.50. The van der Waals surface area contributed by atoms with Crippen LogP contribution in [0.15, 0.2) is 36.4 Å². The van der Waals surface area contributed by atoms with Crippen molar-refractivity contribution in [3.05, 3.63) is 58.7 Å². The summed E-state index contributed by atoms with van der Waals surface area (Å²) in [5, 5.41) is 5.96. The summed E-state index contributed by atoms with van der Waals surface area (Å²) >= 11 is 0. The molecule has 2 saturated carbocycles. The zero-order valence-corrected chi connectivity index (χ0v) is 28.9. The average Bonchev–Trinajstić information content (AvgIpc) is 2.96. The van der Waals surface area contributed by atoms with Gasteiger partial charge < -0.3 is 10.5 Å². The molecule has 0 heterocycles. The van der Waals surface area contributed by atoms with Gasteiger partial charge in [0.05, 0.1) is 10.8 Å². The predicted molar refractivity (Wildman–Crippen MR) is 183 cm³/mol. The largest absolute Gasteiger partial charge is 0.444 e. The van der Waals surface area contributed by atoms with E-state index >= 15 is 0 Å². The number of nitrogens with one attached hydrogen (secondary N) is 2. The Morgan fingerprint density at radius 1 is 0.761 bits per heavy atom. The van der Waals surface area contributed by atoms with Gasteiger partial charge in [0, 0.05) is 11.4 Å². The summed E-state index contributed by atoms with van der Waals surface area (Å²) in [7, 11) is 0. The van der Waals surface area contributed by atoms with Crippen molar-refractivity contribution in [1.82, 2.24) is 5.32 Å². The van der Waals surface area contributed by atoms with E-state index in [1.807, 2.05) is 32.9 Å². The molecule has 4 aliphatic rings. The normalized spacial score (nSPS) is 33.4. The molecule has 0 spiro atoms. The number of anilines is 2. The summed E-state index contributed by atoms with van der Waals surface area (Å²) in [5.41, 5.74) is 10.5. The van der Waals surface area contributed by atoms with Crippen molar-refractivity contribution < 1.29 is 19.1 Å². The van der Waals surface area contributed by atoms with Crippen molar-refractivity contribution in [2.45, 2.75) is 129 Å². The van der Waals surface area contributed by atoms with Gasteiger partial charge in [0.25, 0.3) is 0 Å². The first-order valence-electron chi connectivity index (χ1n) is 17.4. The molecule has 248 valence electrons. The van der Waals surface area contributed by atoms with Crippen LogP contribution in [-0.4, -0.2) is 23.5 Å². The molecule has 0 aromatic heterocycles. The zero-order valence-electron chi connectivity index (χ0n) is 28.9. The van der Waals surface area contributed by atoms with Gasteiger partial charge in [-0.2, -0.15) is 0 Å². The Morgan fingerprint density at radius 3 is 1.78 bits per heavy atom. The van der Waals surface area contributed by atoms with Crippen molar-refractivity contribution in [3.63, 3.8) is 0 Å². The van der Waals surface area contributed by atoms with Crippen molar-refractivity contribution in [1.29, 1.82) is 0 Å². The molecule has 4 aliphatic carbocycles. The molecule has 7 nitrogen and oxygen atoms in total. The first-order valence-corrected chi connectivity index (χ1v) is 17.4. The van der Waals surface area contributed by atoms with E-state index in [-0.39, 0.29) is 34.5 Å². The number of nitrogen functional groups attached to an aromatic ring is 1. The molecule has 3 amide bonds. The highest BCUT2D eigenvalue weighted by molar-refractivity contribution is 6.01. The Hall–Kier alpha value is -3.35. The van der Waals surface area contributed by atoms with Gasteiger partial charge in [0.15, 0.2) is 0 Å². The molecule has 2 aromatic rings. The van der Waals surface area contributed by atoms with Crippen molar-refractivity contribution in [2.24, 2.45) is 22.7 Å². The molecular weight excluding hydrogens is 574 g/mol. The smallest absolute Gasteiger partial charge is 0.412 e. The molecule has 6 atom stereocenters. The maximum absolute atomic E-state index is 14.4. The number of benzene rings is 2. The standard InChI is InChI=1S/C39H53N3O4/c1-35(2,3)46-34(45)41-27-15-11-25-13-17-31-37(5,29(25)23-27)19-9-21-39(31,7)33(44)42-32(43)38(6)20-8-18-36(4)28-22-26(40)14-10-24(28)12-16-30(36)38/h10-11,14-15,22-23,30-31H,8-9,12-13,16-21,40H2,1-7H3,(H,41,45)(H,42,43,44)/t30-,31-,36-,37-,38+,39+/m1/s1. The fourth-order valence-corrected chi connectivity index (χ4v) is 10.4. The molecule has 0 aliphatic heterocycles. The van der Waals surface area contributed by atoms with E-state index in [4.69, 9.17) is 10.5 Å². The molecule has 0 saturated heterocycles. The number of amides is 3. The minimum atomic E-state index is -0.684. The van der Waals surface area contributed by atoms with Crippen molar-refractivity contribution in [2.75, 3.05) is 11.1 Å². The minimum Gasteiger partial charge on any atom is -0.444 e. The van der Waals surface area contributed by atoms with E-state index in [9.17, 15) is 14.4 Å². The van der Waals surface area contributed by atoms with Crippen LogP contribution in [0.25, 0.3) is 0 Å². The van der Waals surface area contributed by atoms with Crippen LogP contribution in [0.5, 0.6) is 0 Å². The highest BCUT2D eigenvalue weighted by Crippen LogP contribution is 2.59. The van der Waals surface area contributed by atoms with Gasteiger partial charge in [-0.1, -0.05) is 52.7 Å². The fraction of sp³-hybridized carbons (Fsp3) is 0.615. The van der Waals surface area contributed by atoms with Gasteiger partial charge in [0.2, 0.25) is 11.8 Å². The molecule has 2 aromatic carbocycles. The van der Waals surface area contributed by atoms with E-state index in [0.717, 1.165) is 69.9 Å². The number of fused-ring (bicyclic) bond motifs is 6. The van der Waals surface area contributed by atoms with E-state index in [0.29, 0.717) is 5.69 Å². The Morgan fingerprint density at radius 2 is 1.26 bits per heavy atom. The second kappa shape index (κ2) is 11.1. The number of hydrogen-bond acceptors (Lipinski definition) is 5. The quantitative estimate of drug-likeness (QED) is 0.236. The van der Waals surface area contributed by atoms with Crippen LogP contribution >= 0.6 is 0 Å². The second-order valence-electron chi connectivity index (χ2n) is 16.8. The SMILES string of the molecule is CC(C)(C)OC(=O)Nc1ccc2c(c1)[C@@]1(C)CCC[C@](C)(C(=O)NC(=O)[C@@]3(C)CCC[C@]4(C)c5cc(N)ccc5CC[C@@H]34)[C@@H]1CC2. The van der Waals surface area contributed by atoms with Crippen LogP contribution in [0, 0.1) is 22.7 Å². The summed E-state index contributed by atoms with van der Waals surface area (Å²) in [6.07, 6.45) is 8.47. The maximum atomic E-state index is 14.4. The first kappa shape index (κ1) is 32.6. The van der Waals surface area contributed by atoms with Crippen LogP contribution in [0.4, 0.5) is 16.2 Å². The minimum absolute atomic E-state index is 0.0692. The van der Waals surface area contributed by atoms with Crippen LogP contribution in [-0.2, 0) is 38.0 Å². The number of hydrogen-bond donors (Lipinski definition) is 3. The topological polar surface area (TPSA) is 111 Å². The Labute approximate surface area is 274 Å². The molecule has 6 rings (SSSR count). The number of imide groups is 1. The highest BCUT2D eigenvalue weighted by Gasteiger charge is 2.58. The van der Waals surface area contributed by atoms with Crippen LogP contribution in [0.2, 0.25) is 0 Å². The Balaban J connectivity index is 1.24. The fourth-order valence-electron chi connectivity index (χ4n) is 10.4. The highest BCUT2D eigenvalue weighted by atomic mass is 16.6. The Bertz CT molecular complexity index is 1580. The summed E-state index contributed by atoms with van der Waals surface area (Å²) in [6.45, 7) is 14.3. The van der Waals surface area contributed by atoms with Gasteiger partial charge in [-0.3, -0.25) is 20.2 Å². The molecule has 46 heavy (non-hydrogen) atoms. The van der Waals surface area contributed by atoms with Crippen LogP contribution in [0.1, 0.15) is 122 Å². The van der Waals surface area contributed by atoms with Gasteiger partial charge in [-0.15, -0.1) is 0 Å².